The van der Waals surface area contributed by atoms with E-state index in [1.54, 1.807) is 0 Å². The zero-order valence-corrected chi connectivity index (χ0v) is 10.1. The summed E-state index contributed by atoms with van der Waals surface area (Å²) in [5, 5.41) is 0.535. The van der Waals surface area contributed by atoms with Gasteiger partial charge in [0.05, 0.1) is 0 Å². The maximum absolute atomic E-state index is 5.56. The molecule has 1 heterocycles. The van der Waals surface area contributed by atoms with Crippen LogP contribution in [0.5, 0.6) is 0 Å². The Morgan fingerprint density at radius 3 is 2.50 bits per heavy atom. The van der Waals surface area contributed by atoms with Crippen molar-refractivity contribution in [3.05, 3.63) is 53.7 Å². The van der Waals surface area contributed by atoms with Crippen molar-refractivity contribution in [2.75, 3.05) is 14.1 Å². The van der Waals surface area contributed by atoms with E-state index >= 15 is 0 Å². The van der Waals surface area contributed by atoms with Crippen molar-refractivity contribution < 1.29 is 4.74 Å². The molecule has 0 amide bonds. The van der Waals surface area contributed by atoms with E-state index < -0.39 is 0 Å². The number of hydrogen-bond donors (Lipinski definition) is 0. The van der Waals surface area contributed by atoms with E-state index in [1.807, 2.05) is 61.6 Å². The molecule has 16 heavy (non-hydrogen) atoms. The normalized spacial score (nSPS) is 17.2. The summed E-state index contributed by atoms with van der Waals surface area (Å²) in [4.78, 5) is 1.95. The lowest BCUT2D eigenvalue weighted by molar-refractivity contribution is 0.530. The molecule has 3 heteroatoms. The second kappa shape index (κ2) is 4.49. The standard InChI is InChI=1S/C13H13NOS/c1-14(2)9-11-8-12(15-13(11)16)10-6-4-3-5-7-10/h3-9H,1-2H3/b11-9+. The third kappa shape index (κ3) is 2.31. The Kier molecular flexibility index (Phi) is 3.06. The van der Waals surface area contributed by atoms with Crippen LogP contribution in [-0.4, -0.2) is 24.0 Å². The van der Waals surface area contributed by atoms with E-state index in [9.17, 15) is 0 Å². The highest BCUT2D eigenvalue weighted by atomic mass is 32.1. The molecule has 1 aromatic carbocycles. The van der Waals surface area contributed by atoms with Crippen LogP contribution in [-0.2, 0) is 4.74 Å². The van der Waals surface area contributed by atoms with Crippen molar-refractivity contribution in [1.29, 1.82) is 0 Å². The third-order valence-electron chi connectivity index (χ3n) is 2.18. The SMILES string of the molecule is CN(C)/C=C1\C=C(c2ccccc2)OC1=S. The van der Waals surface area contributed by atoms with Crippen LogP contribution in [0.15, 0.2) is 48.2 Å². The minimum Gasteiger partial charge on any atom is -0.445 e. The minimum absolute atomic E-state index is 0.535. The smallest absolute Gasteiger partial charge is 0.199 e. The molecule has 0 N–H and O–H groups in total. The summed E-state index contributed by atoms with van der Waals surface area (Å²) in [7, 11) is 3.92. The lowest BCUT2D eigenvalue weighted by atomic mass is 10.1. The van der Waals surface area contributed by atoms with Gasteiger partial charge in [-0.2, -0.15) is 0 Å². The molecule has 0 aromatic heterocycles. The fourth-order valence-electron chi connectivity index (χ4n) is 1.50. The van der Waals surface area contributed by atoms with Gasteiger partial charge in [0.2, 0.25) is 0 Å². The molecule has 0 bridgehead atoms. The molecule has 0 saturated heterocycles. The summed E-state index contributed by atoms with van der Waals surface area (Å²) in [5.41, 5.74) is 1.99. The lowest BCUT2D eigenvalue weighted by Crippen LogP contribution is -2.04. The molecular formula is C13H13NOS. The second-order valence-electron chi connectivity index (χ2n) is 3.81. The fraction of sp³-hybridized carbons (Fsp3) is 0.154. The fourth-order valence-corrected chi connectivity index (χ4v) is 1.70. The number of hydrogen-bond acceptors (Lipinski definition) is 3. The summed E-state index contributed by atoms with van der Waals surface area (Å²) < 4.78 is 5.56. The second-order valence-corrected chi connectivity index (χ2v) is 4.18. The third-order valence-corrected chi connectivity index (χ3v) is 2.50. The van der Waals surface area contributed by atoms with Crippen LogP contribution in [0.2, 0.25) is 0 Å². The van der Waals surface area contributed by atoms with Crippen LogP contribution < -0.4 is 0 Å². The molecule has 0 spiro atoms. The maximum Gasteiger partial charge on any atom is 0.199 e. The van der Waals surface area contributed by atoms with E-state index in [0.29, 0.717) is 5.05 Å². The maximum atomic E-state index is 5.56. The minimum atomic E-state index is 0.535. The van der Waals surface area contributed by atoms with Crippen molar-refractivity contribution in [3.63, 3.8) is 0 Å². The first-order valence-corrected chi connectivity index (χ1v) is 5.45. The number of benzene rings is 1. The van der Waals surface area contributed by atoms with E-state index in [0.717, 1.165) is 16.9 Å². The van der Waals surface area contributed by atoms with Crippen LogP contribution in [0.3, 0.4) is 0 Å². The molecule has 0 aliphatic carbocycles. The van der Waals surface area contributed by atoms with E-state index in [4.69, 9.17) is 17.0 Å². The van der Waals surface area contributed by atoms with E-state index in [1.165, 1.54) is 0 Å². The largest absolute Gasteiger partial charge is 0.445 e. The highest BCUT2D eigenvalue weighted by molar-refractivity contribution is 7.80. The van der Waals surface area contributed by atoms with Crippen LogP contribution >= 0.6 is 12.2 Å². The molecule has 1 aliphatic rings. The quantitative estimate of drug-likeness (QED) is 0.573. The van der Waals surface area contributed by atoms with Gasteiger partial charge in [0.25, 0.3) is 0 Å². The summed E-state index contributed by atoms with van der Waals surface area (Å²) >= 11 is 5.17. The van der Waals surface area contributed by atoms with Gasteiger partial charge in [-0.3, -0.25) is 0 Å². The molecule has 82 valence electrons. The monoisotopic (exact) mass is 231 g/mol. The number of thiocarbonyl (C=S) groups is 1. The lowest BCUT2D eigenvalue weighted by Gasteiger charge is -2.05. The van der Waals surface area contributed by atoms with Crippen molar-refractivity contribution in [1.82, 2.24) is 4.90 Å². The topological polar surface area (TPSA) is 12.5 Å². The first kappa shape index (κ1) is 10.9. The van der Waals surface area contributed by atoms with Gasteiger partial charge in [-0.1, -0.05) is 30.3 Å². The van der Waals surface area contributed by atoms with Gasteiger partial charge in [-0.15, -0.1) is 0 Å². The highest BCUT2D eigenvalue weighted by Crippen LogP contribution is 2.26. The predicted octanol–water partition coefficient (Wildman–Crippen LogP) is 2.83. The molecule has 0 saturated carbocycles. The average Bonchev–Trinajstić information content (AvgIpc) is 2.61. The Morgan fingerprint density at radius 1 is 1.19 bits per heavy atom. The zero-order chi connectivity index (χ0) is 11.5. The molecule has 2 rings (SSSR count). The number of ether oxygens (including phenoxy) is 1. The number of nitrogens with zero attached hydrogens (tertiary/aromatic N) is 1. The number of rotatable bonds is 2. The summed E-state index contributed by atoms with van der Waals surface area (Å²) in [5.74, 6) is 0.818. The first-order chi connectivity index (χ1) is 7.66. The first-order valence-electron chi connectivity index (χ1n) is 5.04. The molecule has 0 atom stereocenters. The Balaban J connectivity index is 2.30. The average molecular weight is 231 g/mol. The Hall–Kier alpha value is -1.61. The molecule has 0 unspecified atom stereocenters. The van der Waals surface area contributed by atoms with Crippen molar-refractivity contribution >= 4 is 23.0 Å². The van der Waals surface area contributed by atoms with Gasteiger partial charge in [0.1, 0.15) is 5.76 Å². The van der Waals surface area contributed by atoms with Crippen LogP contribution in [0, 0.1) is 0 Å². The predicted molar refractivity (Wildman–Crippen MR) is 69.9 cm³/mol. The Bertz CT molecular complexity index is 460. The van der Waals surface area contributed by atoms with Crippen LogP contribution in [0.4, 0.5) is 0 Å². The van der Waals surface area contributed by atoms with Crippen molar-refractivity contribution in [3.8, 4) is 0 Å². The van der Waals surface area contributed by atoms with Gasteiger partial charge >= 0.3 is 0 Å². The van der Waals surface area contributed by atoms with E-state index in [-0.39, 0.29) is 0 Å². The summed E-state index contributed by atoms with van der Waals surface area (Å²) in [6.45, 7) is 0. The highest BCUT2D eigenvalue weighted by Gasteiger charge is 2.18. The van der Waals surface area contributed by atoms with Gasteiger partial charge in [-0.05, 0) is 18.3 Å². The molecule has 0 radical (unpaired) electrons. The molecule has 0 fully saturated rings. The Labute approximate surface area is 101 Å². The van der Waals surface area contributed by atoms with Crippen LogP contribution in [0.1, 0.15) is 5.56 Å². The van der Waals surface area contributed by atoms with E-state index in [2.05, 4.69) is 0 Å². The van der Waals surface area contributed by atoms with Crippen molar-refractivity contribution in [2.45, 2.75) is 0 Å². The molecule has 1 aromatic rings. The zero-order valence-electron chi connectivity index (χ0n) is 9.31. The summed E-state index contributed by atoms with van der Waals surface area (Å²) in [6, 6.07) is 9.96. The molecule has 2 nitrogen and oxygen atoms in total. The van der Waals surface area contributed by atoms with Crippen molar-refractivity contribution in [2.24, 2.45) is 0 Å². The van der Waals surface area contributed by atoms with Gasteiger partial charge < -0.3 is 9.64 Å². The van der Waals surface area contributed by atoms with Gasteiger partial charge in [0, 0.05) is 31.4 Å². The summed E-state index contributed by atoms with van der Waals surface area (Å²) in [6.07, 6.45) is 3.93. The molecule has 1 aliphatic heterocycles. The Morgan fingerprint density at radius 2 is 1.88 bits per heavy atom. The molecular weight excluding hydrogens is 218 g/mol. The van der Waals surface area contributed by atoms with Gasteiger partial charge in [0.15, 0.2) is 5.05 Å². The van der Waals surface area contributed by atoms with Crippen LogP contribution in [0.25, 0.3) is 5.76 Å². The van der Waals surface area contributed by atoms with Gasteiger partial charge in [-0.25, -0.2) is 0 Å².